The molecule has 0 aliphatic carbocycles. The lowest BCUT2D eigenvalue weighted by Crippen LogP contribution is -2.24. The summed E-state index contributed by atoms with van der Waals surface area (Å²) in [6.07, 6.45) is -11.4. The molecule has 0 saturated heterocycles. The summed E-state index contributed by atoms with van der Waals surface area (Å²) in [7, 11) is -5.39. The number of hydrogen-bond acceptors (Lipinski definition) is 6. The summed E-state index contributed by atoms with van der Waals surface area (Å²) in [4.78, 5) is 9.20. The maximum atomic E-state index is 12.6. The number of hydrogen-bond donors (Lipinski definition) is 1. The molecule has 8 nitrogen and oxygen atoms in total. The van der Waals surface area contributed by atoms with Crippen molar-refractivity contribution in [3.63, 3.8) is 0 Å². The van der Waals surface area contributed by atoms with E-state index in [0.717, 1.165) is 0 Å². The second kappa shape index (κ2) is 5.24. The van der Waals surface area contributed by atoms with Crippen LogP contribution in [-0.2, 0) is 16.2 Å². The summed E-state index contributed by atoms with van der Waals surface area (Å²) in [5.74, 6) is -1.99. The number of halogens is 6. The molecule has 0 radical (unpaired) electrons. The van der Waals surface area contributed by atoms with Gasteiger partial charge in [0.1, 0.15) is 0 Å². The van der Waals surface area contributed by atoms with Crippen molar-refractivity contribution in [3.05, 3.63) is 21.9 Å². The highest BCUT2D eigenvalue weighted by molar-refractivity contribution is 7.89. The minimum Gasteiger partial charge on any atom is -0.386 e. The number of nitrogens with two attached hydrogens (primary N) is 1. The zero-order valence-electron chi connectivity index (χ0n) is 9.77. The van der Waals surface area contributed by atoms with Crippen LogP contribution in [0.15, 0.2) is 11.1 Å². The Hall–Kier alpha value is -2.16. The number of sulfonamides is 1. The standard InChI is InChI=1S/C7H3F6N3O5S/c8-6(9,10)2-1-15-5(21-7(11,12)13)4(22(14,19)20)3(2)16(17)18/h1H,(H2,14,19,20). The summed E-state index contributed by atoms with van der Waals surface area (Å²) in [5, 5.41) is 15.1. The molecule has 0 saturated carbocycles. The molecule has 1 aromatic rings. The number of aromatic nitrogens is 1. The summed E-state index contributed by atoms with van der Waals surface area (Å²) >= 11 is 0. The molecule has 124 valence electrons. The summed E-state index contributed by atoms with van der Waals surface area (Å²) in [5.41, 5.74) is -4.42. The third-order valence-corrected chi connectivity index (χ3v) is 2.90. The molecular formula is C7H3F6N3O5S. The highest BCUT2D eigenvalue weighted by Crippen LogP contribution is 2.42. The lowest BCUT2D eigenvalue weighted by molar-refractivity contribution is -0.391. The Balaban J connectivity index is 3.87. The Morgan fingerprint density at radius 2 is 1.73 bits per heavy atom. The summed E-state index contributed by atoms with van der Waals surface area (Å²) in [6, 6.07) is 0. The maximum absolute atomic E-state index is 12.6. The highest BCUT2D eigenvalue weighted by Gasteiger charge is 2.46. The van der Waals surface area contributed by atoms with Crippen molar-refractivity contribution in [2.45, 2.75) is 17.4 Å². The molecular weight excluding hydrogens is 352 g/mol. The fourth-order valence-corrected chi connectivity index (χ4v) is 2.09. The fourth-order valence-electron chi connectivity index (χ4n) is 1.29. The van der Waals surface area contributed by atoms with Crippen LogP contribution in [0.2, 0.25) is 0 Å². The molecule has 0 atom stereocenters. The van der Waals surface area contributed by atoms with Gasteiger partial charge in [0.15, 0.2) is 5.56 Å². The van der Waals surface area contributed by atoms with Gasteiger partial charge in [-0.05, 0) is 0 Å². The first-order valence-corrected chi connectivity index (χ1v) is 6.22. The smallest absolute Gasteiger partial charge is 0.386 e. The normalized spacial score (nSPS) is 13.0. The largest absolute Gasteiger partial charge is 0.574 e. The van der Waals surface area contributed by atoms with Gasteiger partial charge in [0.25, 0.3) is 0 Å². The van der Waals surface area contributed by atoms with Crippen LogP contribution in [0.25, 0.3) is 0 Å². The minimum atomic E-state index is -5.57. The van der Waals surface area contributed by atoms with E-state index in [1.165, 1.54) is 0 Å². The number of nitrogens with zero attached hydrogens (tertiary/aromatic N) is 2. The molecule has 0 unspecified atom stereocenters. The van der Waals surface area contributed by atoms with Crippen LogP contribution in [0, 0.1) is 10.1 Å². The third-order valence-electron chi connectivity index (χ3n) is 1.96. The first kappa shape index (κ1) is 17.9. The Morgan fingerprint density at radius 1 is 1.23 bits per heavy atom. The topological polar surface area (TPSA) is 125 Å². The molecule has 0 spiro atoms. The number of ether oxygens (including phenoxy) is 1. The molecule has 0 aliphatic heterocycles. The van der Waals surface area contributed by atoms with Crippen molar-refractivity contribution in [3.8, 4) is 5.88 Å². The van der Waals surface area contributed by atoms with Gasteiger partial charge in [-0.15, -0.1) is 13.2 Å². The predicted octanol–water partition coefficient (Wildman–Crippen LogP) is 1.55. The zero-order chi connectivity index (χ0) is 17.5. The average molecular weight is 355 g/mol. The van der Waals surface area contributed by atoms with E-state index >= 15 is 0 Å². The Bertz CT molecular complexity index is 713. The van der Waals surface area contributed by atoms with Crippen molar-refractivity contribution in [1.82, 2.24) is 4.98 Å². The van der Waals surface area contributed by atoms with Crippen LogP contribution < -0.4 is 9.88 Å². The monoisotopic (exact) mass is 355 g/mol. The number of rotatable bonds is 3. The fraction of sp³-hybridized carbons (Fsp3) is 0.286. The van der Waals surface area contributed by atoms with Crippen molar-refractivity contribution in [2.75, 3.05) is 0 Å². The van der Waals surface area contributed by atoms with Gasteiger partial charge in [-0.2, -0.15) is 13.2 Å². The lowest BCUT2D eigenvalue weighted by Gasteiger charge is -2.14. The van der Waals surface area contributed by atoms with Gasteiger partial charge < -0.3 is 4.74 Å². The zero-order valence-corrected chi connectivity index (χ0v) is 10.6. The predicted molar refractivity (Wildman–Crippen MR) is 53.9 cm³/mol. The molecule has 0 amide bonds. The number of pyridine rings is 1. The van der Waals surface area contributed by atoms with Crippen LogP contribution in [0.3, 0.4) is 0 Å². The van der Waals surface area contributed by atoms with Crippen LogP contribution in [0.1, 0.15) is 5.56 Å². The second-order valence-electron chi connectivity index (χ2n) is 3.50. The van der Waals surface area contributed by atoms with Crippen LogP contribution in [0.5, 0.6) is 5.88 Å². The van der Waals surface area contributed by atoms with Gasteiger partial charge in [0, 0.05) is 0 Å². The molecule has 2 N–H and O–H groups in total. The van der Waals surface area contributed by atoms with Gasteiger partial charge in [-0.25, -0.2) is 18.5 Å². The van der Waals surface area contributed by atoms with E-state index in [-0.39, 0.29) is 6.20 Å². The van der Waals surface area contributed by atoms with E-state index in [4.69, 9.17) is 0 Å². The van der Waals surface area contributed by atoms with Gasteiger partial charge in [-0.1, -0.05) is 0 Å². The summed E-state index contributed by atoms with van der Waals surface area (Å²) < 4.78 is 99.5. The van der Waals surface area contributed by atoms with E-state index in [9.17, 15) is 44.9 Å². The van der Waals surface area contributed by atoms with Gasteiger partial charge in [-0.3, -0.25) is 10.1 Å². The van der Waals surface area contributed by atoms with Crippen LogP contribution >= 0.6 is 0 Å². The second-order valence-corrected chi connectivity index (χ2v) is 5.00. The van der Waals surface area contributed by atoms with E-state index in [2.05, 4.69) is 14.9 Å². The van der Waals surface area contributed by atoms with Crippen LogP contribution in [0.4, 0.5) is 32.0 Å². The van der Waals surface area contributed by atoms with Crippen molar-refractivity contribution in [1.29, 1.82) is 0 Å². The Labute approximate surface area is 116 Å². The molecule has 0 bridgehead atoms. The SMILES string of the molecule is NS(=O)(=O)c1c(OC(F)(F)F)ncc(C(F)(F)F)c1[N+](=O)[O-]. The number of primary sulfonamides is 1. The highest BCUT2D eigenvalue weighted by atomic mass is 32.2. The molecule has 0 aliphatic rings. The Kier molecular flexibility index (Phi) is 4.26. The molecule has 0 fully saturated rings. The van der Waals surface area contributed by atoms with Crippen molar-refractivity contribution < 1.29 is 44.4 Å². The number of nitro groups is 1. The van der Waals surface area contributed by atoms with E-state index in [1.54, 1.807) is 0 Å². The Morgan fingerprint density at radius 3 is 2.05 bits per heavy atom. The first-order chi connectivity index (χ1) is 9.64. The van der Waals surface area contributed by atoms with Gasteiger partial charge in [0.2, 0.25) is 20.8 Å². The van der Waals surface area contributed by atoms with Crippen molar-refractivity contribution in [2.24, 2.45) is 5.14 Å². The molecule has 1 aromatic heterocycles. The van der Waals surface area contributed by atoms with Crippen molar-refractivity contribution >= 4 is 15.7 Å². The number of alkyl halides is 6. The average Bonchev–Trinajstić information content (AvgIpc) is 2.22. The summed E-state index contributed by atoms with van der Waals surface area (Å²) in [6.45, 7) is 0. The first-order valence-electron chi connectivity index (χ1n) is 4.67. The van der Waals surface area contributed by atoms with E-state index < -0.39 is 49.5 Å². The van der Waals surface area contributed by atoms with E-state index in [1.807, 2.05) is 0 Å². The lowest BCUT2D eigenvalue weighted by atomic mass is 10.2. The third kappa shape index (κ3) is 3.94. The molecule has 15 heteroatoms. The molecule has 1 heterocycles. The van der Waals surface area contributed by atoms with E-state index in [0.29, 0.717) is 0 Å². The maximum Gasteiger partial charge on any atom is 0.574 e. The van der Waals surface area contributed by atoms with Crippen LogP contribution in [-0.4, -0.2) is 24.7 Å². The quantitative estimate of drug-likeness (QED) is 0.498. The molecule has 1 rings (SSSR count). The molecule has 22 heavy (non-hydrogen) atoms. The molecule has 0 aromatic carbocycles. The van der Waals surface area contributed by atoms with Gasteiger partial charge >= 0.3 is 18.2 Å². The minimum absolute atomic E-state index is 0.367. The van der Waals surface area contributed by atoms with Gasteiger partial charge in [0.05, 0.1) is 11.1 Å².